The fourth-order valence-electron chi connectivity index (χ4n) is 4.01. The molecule has 0 bridgehead atoms. The Morgan fingerprint density at radius 3 is 2.64 bits per heavy atom. The van der Waals surface area contributed by atoms with E-state index in [9.17, 15) is 4.79 Å². The zero-order valence-electron chi connectivity index (χ0n) is 19.8. The monoisotopic (exact) mass is 451 g/mol. The van der Waals surface area contributed by atoms with Gasteiger partial charge in [-0.1, -0.05) is 37.6 Å². The van der Waals surface area contributed by atoms with Crippen LogP contribution in [0, 0.1) is 0 Å². The summed E-state index contributed by atoms with van der Waals surface area (Å²) >= 11 is 0. The molecule has 0 aliphatic rings. The third kappa shape index (κ3) is 6.17. The summed E-state index contributed by atoms with van der Waals surface area (Å²) in [5, 5.41) is 9.13. The maximum Gasteiger partial charge on any atom is 0.353 e. The van der Waals surface area contributed by atoms with E-state index in [1.54, 1.807) is 32.2 Å². The molecule has 3 rings (SSSR count). The predicted octanol–water partition coefficient (Wildman–Crippen LogP) is 5.01. The van der Waals surface area contributed by atoms with Crippen LogP contribution in [0.1, 0.15) is 50.7 Å². The Balaban J connectivity index is 1.71. The maximum absolute atomic E-state index is 12.6. The summed E-state index contributed by atoms with van der Waals surface area (Å²) < 4.78 is 10.8. The zero-order valence-corrected chi connectivity index (χ0v) is 19.8. The van der Waals surface area contributed by atoms with Gasteiger partial charge in [0.15, 0.2) is 5.56 Å². The fourth-order valence-corrected chi connectivity index (χ4v) is 4.01. The van der Waals surface area contributed by atoms with Crippen LogP contribution >= 0.6 is 0 Å². The molecular weight excluding hydrogens is 416 g/mol. The van der Waals surface area contributed by atoms with Gasteiger partial charge in [0.25, 0.3) is 5.75 Å². The predicted molar refractivity (Wildman–Crippen MR) is 135 cm³/mol. The second-order valence-electron chi connectivity index (χ2n) is 8.37. The Kier molecular flexibility index (Phi) is 8.55. The topological polar surface area (TPSA) is 91.6 Å². The van der Waals surface area contributed by atoms with Crippen molar-refractivity contribution in [2.45, 2.75) is 46.1 Å². The van der Waals surface area contributed by atoms with E-state index in [2.05, 4.69) is 24.0 Å². The van der Waals surface area contributed by atoms with E-state index >= 15 is 0 Å². The highest BCUT2D eigenvalue weighted by Crippen LogP contribution is 2.31. The lowest BCUT2D eigenvalue weighted by atomic mass is 10.0. The number of methoxy groups -OCH3 is 1. The molecule has 0 aliphatic carbocycles. The van der Waals surface area contributed by atoms with E-state index in [0.717, 1.165) is 44.6 Å². The van der Waals surface area contributed by atoms with E-state index < -0.39 is 5.63 Å². The van der Waals surface area contributed by atoms with E-state index in [0.29, 0.717) is 28.7 Å². The van der Waals surface area contributed by atoms with E-state index in [1.807, 2.05) is 18.2 Å². The average molecular weight is 452 g/mol. The summed E-state index contributed by atoms with van der Waals surface area (Å²) in [5.74, 6) is 1.04. The van der Waals surface area contributed by atoms with E-state index in [-0.39, 0.29) is 11.3 Å². The molecule has 0 radical (unpaired) electrons. The van der Waals surface area contributed by atoms with Gasteiger partial charge in [-0.3, -0.25) is 4.90 Å². The molecule has 176 valence electrons. The molecule has 0 saturated carbocycles. The first-order chi connectivity index (χ1) is 15.9. The van der Waals surface area contributed by atoms with Crippen LogP contribution in [0.5, 0.6) is 11.5 Å². The van der Waals surface area contributed by atoms with Crippen molar-refractivity contribution in [3.63, 3.8) is 0 Å². The minimum Gasteiger partial charge on any atom is -0.592 e. The van der Waals surface area contributed by atoms with Crippen LogP contribution in [0.3, 0.4) is 0 Å². The molecule has 2 aromatic carbocycles. The molecule has 0 spiro atoms. The highest BCUT2D eigenvalue weighted by molar-refractivity contribution is 5.88. The standard InChI is InChI=1S/C27H34N2O4/c1-4-5-15-29(18-20-10-8-11-21(17-20)32-3)16-9-13-23(28)19(2)25-26(30)22-12-6-7-14-24(22)33-27(25)31/h6-8,10-12,14,17,30H,4-5,9,13,15-16,18,28H2,1-3H3/p+1/b23-19-. The number of ether oxygens (including phenoxy) is 1. The Hall–Kier alpha value is -3.25. The molecular formula is C27H35N2O4+. The lowest BCUT2D eigenvalue weighted by Crippen LogP contribution is -2.26. The van der Waals surface area contributed by atoms with Gasteiger partial charge in [-0.2, -0.15) is 0 Å². The first-order valence-electron chi connectivity index (χ1n) is 11.5. The Morgan fingerprint density at radius 2 is 1.88 bits per heavy atom. The Labute approximate surface area is 195 Å². The Morgan fingerprint density at radius 1 is 1.12 bits per heavy atom. The third-order valence-electron chi connectivity index (χ3n) is 5.96. The molecule has 3 aromatic rings. The minimum absolute atomic E-state index is 0.171. The molecule has 1 heterocycles. The quantitative estimate of drug-likeness (QED) is 0.327. The molecule has 33 heavy (non-hydrogen) atoms. The van der Waals surface area contributed by atoms with Gasteiger partial charge in [-0.15, -0.1) is 0 Å². The van der Waals surface area contributed by atoms with Crippen molar-refractivity contribution in [1.82, 2.24) is 4.90 Å². The molecule has 0 atom stereocenters. The van der Waals surface area contributed by atoms with Crippen LogP contribution in [0.15, 0.2) is 63.4 Å². The second kappa shape index (κ2) is 11.6. The number of hydrogen-bond donors (Lipinski definition) is 1. The van der Waals surface area contributed by atoms with Gasteiger partial charge in [0, 0.05) is 12.2 Å². The fraction of sp³-hybridized carbons (Fsp3) is 0.370. The number of nitrogens with zero attached hydrogens (tertiary/aromatic N) is 1. The molecule has 0 aliphatic heterocycles. The van der Waals surface area contributed by atoms with Crippen molar-refractivity contribution in [2.24, 2.45) is 5.73 Å². The molecule has 0 unspecified atom stereocenters. The normalized spacial score (nSPS) is 12.2. The van der Waals surface area contributed by atoms with E-state index in [4.69, 9.17) is 20.0 Å². The van der Waals surface area contributed by atoms with Crippen molar-refractivity contribution in [3.05, 3.63) is 75.8 Å². The number of rotatable bonds is 11. The Bertz CT molecular complexity index is 1170. The van der Waals surface area contributed by atoms with Gasteiger partial charge >= 0.3 is 5.63 Å². The van der Waals surface area contributed by atoms with Gasteiger partial charge in [0.1, 0.15) is 16.7 Å². The third-order valence-corrected chi connectivity index (χ3v) is 5.96. The van der Waals surface area contributed by atoms with Gasteiger partial charge in [-0.25, -0.2) is 4.79 Å². The number of benzene rings is 2. The number of fused-ring (bicyclic) bond motifs is 1. The summed E-state index contributed by atoms with van der Waals surface area (Å²) in [5.41, 5.74) is 9.03. The summed E-state index contributed by atoms with van der Waals surface area (Å²) in [6.45, 7) is 6.76. The number of unbranched alkanes of at least 4 members (excludes halogenated alkanes) is 1. The number of allylic oxidation sites excluding steroid dienone is 2. The van der Waals surface area contributed by atoms with Gasteiger partial charge < -0.3 is 20.0 Å². The van der Waals surface area contributed by atoms with Crippen LogP contribution in [-0.2, 0) is 6.54 Å². The van der Waals surface area contributed by atoms with Crippen LogP contribution in [0.4, 0.5) is 0 Å². The summed E-state index contributed by atoms with van der Waals surface area (Å²) in [4.78, 5) is 15.0. The van der Waals surface area contributed by atoms with Crippen molar-refractivity contribution >= 4 is 16.5 Å². The second-order valence-corrected chi connectivity index (χ2v) is 8.37. The summed E-state index contributed by atoms with van der Waals surface area (Å²) in [6.07, 6.45) is 3.79. The van der Waals surface area contributed by atoms with E-state index in [1.165, 1.54) is 5.56 Å². The van der Waals surface area contributed by atoms with Crippen molar-refractivity contribution in [1.29, 1.82) is 0 Å². The molecule has 0 saturated heterocycles. The van der Waals surface area contributed by atoms with Crippen molar-refractivity contribution in [2.75, 3.05) is 20.2 Å². The average Bonchev–Trinajstić information content (AvgIpc) is 2.82. The zero-order chi connectivity index (χ0) is 23.8. The van der Waals surface area contributed by atoms with Crippen molar-refractivity contribution in [3.8, 4) is 11.5 Å². The lowest BCUT2D eigenvalue weighted by Gasteiger charge is -2.22. The number of nitrogens with two attached hydrogens (primary N) is 1. The summed E-state index contributed by atoms with van der Waals surface area (Å²) in [7, 11) is 1.68. The van der Waals surface area contributed by atoms with Gasteiger partial charge in [0.2, 0.25) is 0 Å². The molecule has 0 fully saturated rings. The maximum atomic E-state index is 12.6. The first-order valence-corrected chi connectivity index (χ1v) is 11.5. The first kappa shape index (κ1) is 24.4. The molecule has 1 aromatic heterocycles. The number of hydrogen-bond acceptors (Lipinski definition) is 5. The highest BCUT2D eigenvalue weighted by Gasteiger charge is 2.21. The van der Waals surface area contributed by atoms with Crippen LogP contribution in [-0.4, -0.2) is 30.2 Å². The van der Waals surface area contributed by atoms with Gasteiger partial charge in [0.05, 0.1) is 7.11 Å². The number of para-hydroxylation sites is 1. The van der Waals surface area contributed by atoms with Crippen LogP contribution < -0.4 is 16.1 Å². The summed E-state index contributed by atoms with van der Waals surface area (Å²) in [6, 6.07) is 15.3. The molecule has 6 heteroatoms. The van der Waals surface area contributed by atoms with Crippen LogP contribution in [0.25, 0.3) is 16.5 Å². The smallest absolute Gasteiger partial charge is 0.353 e. The SMILES string of the molecule is CCCCN(CCC/C(N)=C(\C)c1c([OH2+])c2ccccc2oc1=O)Cc1cccc(OC)c1. The molecule has 4 N–H and O–H groups in total. The highest BCUT2D eigenvalue weighted by atomic mass is 16.5. The van der Waals surface area contributed by atoms with Crippen molar-refractivity contribution < 1.29 is 14.3 Å². The molecule has 6 nitrogen and oxygen atoms in total. The lowest BCUT2D eigenvalue weighted by molar-refractivity contribution is 0.257. The largest absolute Gasteiger partial charge is 0.592 e. The van der Waals surface area contributed by atoms with Crippen LogP contribution in [0.2, 0.25) is 0 Å². The minimum atomic E-state index is -0.512. The molecule has 0 amide bonds. The van der Waals surface area contributed by atoms with Gasteiger partial charge in [-0.05, 0) is 74.7 Å².